The van der Waals surface area contributed by atoms with E-state index >= 15 is 0 Å². The lowest BCUT2D eigenvalue weighted by Crippen LogP contribution is -2.34. The molecule has 0 radical (unpaired) electrons. The highest BCUT2D eigenvalue weighted by molar-refractivity contribution is 7.99. The Morgan fingerprint density at radius 2 is 2.00 bits per heavy atom. The van der Waals surface area contributed by atoms with Gasteiger partial charge in [-0.3, -0.25) is 4.79 Å². The van der Waals surface area contributed by atoms with E-state index in [4.69, 9.17) is 0 Å². The van der Waals surface area contributed by atoms with Crippen molar-refractivity contribution in [2.45, 2.75) is 37.4 Å². The number of aryl methyl sites for hydroxylation is 2. The lowest BCUT2D eigenvalue weighted by Gasteiger charge is -2.33. The van der Waals surface area contributed by atoms with Crippen LogP contribution >= 0.6 is 11.8 Å². The SMILES string of the molecule is Cc1ccc(-n2nnnc2SCC(=O)N(C)[C@H]2CCCc3ccccc32)cc1. The highest BCUT2D eigenvalue weighted by Gasteiger charge is 2.26. The molecule has 0 aliphatic heterocycles. The topological polar surface area (TPSA) is 63.9 Å². The quantitative estimate of drug-likeness (QED) is 0.620. The van der Waals surface area contributed by atoms with Crippen LogP contribution in [0.15, 0.2) is 53.7 Å². The van der Waals surface area contributed by atoms with Gasteiger partial charge in [-0.15, -0.1) is 5.10 Å². The van der Waals surface area contributed by atoms with Gasteiger partial charge in [0.05, 0.1) is 17.5 Å². The largest absolute Gasteiger partial charge is 0.338 e. The van der Waals surface area contributed by atoms with Gasteiger partial charge in [-0.2, -0.15) is 4.68 Å². The number of thioether (sulfide) groups is 1. The molecule has 1 heterocycles. The molecule has 0 unspecified atom stereocenters. The molecule has 0 bridgehead atoms. The second-order valence-corrected chi connectivity index (χ2v) is 8.05. The van der Waals surface area contributed by atoms with Crippen LogP contribution in [0.4, 0.5) is 0 Å². The van der Waals surface area contributed by atoms with Gasteiger partial charge in [-0.25, -0.2) is 0 Å². The summed E-state index contributed by atoms with van der Waals surface area (Å²) in [7, 11) is 1.90. The van der Waals surface area contributed by atoms with Crippen LogP contribution in [-0.2, 0) is 11.2 Å². The number of carbonyl (C=O) groups excluding carboxylic acids is 1. The number of tetrazole rings is 1. The molecule has 4 rings (SSSR count). The second-order valence-electron chi connectivity index (χ2n) is 7.11. The predicted molar refractivity (Wildman–Crippen MR) is 110 cm³/mol. The average molecular weight is 394 g/mol. The smallest absolute Gasteiger partial charge is 0.233 e. The van der Waals surface area contributed by atoms with Crippen LogP contribution in [0, 0.1) is 6.92 Å². The van der Waals surface area contributed by atoms with E-state index < -0.39 is 0 Å². The van der Waals surface area contributed by atoms with Gasteiger partial charge in [0.2, 0.25) is 11.1 Å². The van der Waals surface area contributed by atoms with Crippen molar-refractivity contribution in [2.75, 3.05) is 12.8 Å². The fourth-order valence-electron chi connectivity index (χ4n) is 3.65. The minimum Gasteiger partial charge on any atom is -0.338 e. The molecule has 144 valence electrons. The third-order valence-electron chi connectivity index (χ3n) is 5.24. The van der Waals surface area contributed by atoms with Crippen molar-refractivity contribution in [3.05, 3.63) is 65.2 Å². The molecule has 1 aliphatic carbocycles. The average Bonchev–Trinajstić information content (AvgIpc) is 3.20. The van der Waals surface area contributed by atoms with Gasteiger partial charge in [-0.05, 0) is 59.9 Å². The molecule has 3 aromatic rings. The van der Waals surface area contributed by atoms with Crippen LogP contribution in [-0.4, -0.2) is 43.8 Å². The molecule has 1 aromatic heterocycles. The Morgan fingerprint density at radius 1 is 1.21 bits per heavy atom. The summed E-state index contributed by atoms with van der Waals surface area (Å²) in [5.41, 5.74) is 4.70. The van der Waals surface area contributed by atoms with Crippen LogP contribution < -0.4 is 0 Å². The monoisotopic (exact) mass is 393 g/mol. The summed E-state index contributed by atoms with van der Waals surface area (Å²) < 4.78 is 1.67. The molecule has 1 aliphatic rings. The summed E-state index contributed by atoms with van der Waals surface area (Å²) in [6.07, 6.45) is 3.21. The molecule has 0 fully saturated rings. The molecule has 6 nitrogen and oxygen atoms in total. The Balaban J connectivity index is 1.44. The maximum Gasteiger partial charge on any atom is 0.233 e. The normalized spacial score (nSPS) is 15.9. The molecule has 1 atom stereocenters. The molecule has 0 saturated heterocycles. The fraction of sp³-hybridized carbons (Fsp3) is 0.333. The van der Waals surface area contributed by atoms with Crippen molar-refractivity contribution >= 4 is 17.7 Å². The number of nitrogens with zero attached hydrogens (tertiary/aromatic N) is 5. The third kappa shape index (κ3) is 3.80. The van der Waals surface area contributed by atoms with Crippen molar-refractivity contribution in [3.8, 4) is 5.69 Å². The fourth-order valence-corrected chi connectivity index (χ4v) is 4.46. The van der Waals surface area contributed by atoms with Crippen molar-refractivity contribution in [1.82, 2.24) is 25.1 Å². The molecule has 2 aromatic carbocycles. The maximum atomic E-state index is 12.9. The highest BCUT2D eigenvalue weighted by atomic mass is 32.2. The van der Waals surface area contributed by atoms with Crippen molar-refractivity contribution in [3.63, 3.8) is 0 Å². The lowest BCUT2D eigenvalue weighted by molar-refractivity contribution is -0.129. The van der Waals surface area contributed by atoms with Crippen molar-refractivity contribution in [1.29, 1.82) is 0 Å². The molecular formula is C21H23N5OS. The standard InChI is InChI=1S/C21H23N5OS/c1-15-10-12-17(13-11-15)26-21(22-23-24-26)28-14-20(27)25(2)19-9-5-7-16-6-3-4-8-18(16)19/h3-4,6,8,10-13,19H,5,7,9,14H2,1-2H3/t19-/m0/s1. The Labute approximate surface area is 168 Å². The molecule has 28 heavy (non-hydrogen) atoms. The number of hydrogen-bond acceptors (Lipinski definition) is 5. The Morgan fingerprint density at radius 3 is 2.82 bits per heavy atom. The Hall–Kier alpha value is -2.67. The van der Waals surface area contributed by atoms with Crippen molar-refractivity contribution < 1.29 is 4.79 Å². The Bertz CT molecular complexity index is 969. The summed E-state index contributed by atoms with van der Waals surface area (Å²) in [4.78, 5) is 14.7. The molecular weight excluding hydrogens is 370 g/mol. The predicted octanol–water partition coefficient (Wildman–Crippen LogP) is 3.60. The third-order valence-corrected chi connectivity index (χ3v) is 6.15. The van der Waals surface area contributed by atoms with Gasteiger partial charge in [0.15, 0.2) is 0 Å². The molecule has 7 heteroatoms. The number of fused-ring (bicyclic) bond motifs is 1. The van der Waals surface area contributed by atoms with Crippen LogP contribution in [0.25, 0.3) is 5.69 Å². The first-order valence-corrected chi connectivity index (χ1v) is 10.4. The summed E-state index contributed by atoms with van der Waals surface area (Å²) in [6.45, 7) is 2.04. The number of hydrogen-bond donors (Lipinski definition) is 0. The zero-order valence-corrected chi connectivity index (χ0v) is 16.9. The van der Waals surface area contributed by atoms with E-state index in [9.17, 15) is 4.79 Å². The van der Waals surface area contributed by atoms with Crippen LogP contribution in [0.5, 0.6) is 0 Å². The summed E-state index contributed by atoms with van der Waals surface area (Å²) >= 11 is 1.37. The maximum absolute atomic E-state index is 12.9. The van der Waals surface area contributed by atoms with E-state index in [0.29, 0.717) is 10.9 Å². The van der Waals surface area contributed by atoms with Gasteiger partial charge in [0.1, 0.15) is 0 Å². The summed E-state index contributed by atoms with van der Waals surface area (Å²) in [5.74, 6) is 0.395. The van der Waals surface area contributed by atoms with E-state index in [1.807, 2.05) is 43.1 Å². The summed E-state index contributed by atoms with van der Waals surface area (Å²) in [5, 5.41) is 12.6. The van der Waals surface area contributed by atoms with E-state index in [-0.39, 0.29) is 11.9 Å². The highest BCUT2D eigenvalue weighted by Crippen LogP contribution is 2.34. The number of aromatic nitrogens is 4. The van der Waals surface area contributed by atoms with Gasteiger partial charge in [0.25, 0.3) is 0 Å². The van der Waals surface area contributed by atoms with Crippen LogP contribution in [0.3, 0.4) is 0 Å². The number of amides is 1. The first-order chi connectivity index (χ1) is 13.6. The number of benzene rings is 2. The van der Waals surface area contributed by atoms with E-state index in [1.54, 1.807) is 4.68 Å². The summed E-state index contributed by atoms with van der Waals surface area (Å²) in [6, 6.07) is 16.6. The zero-order chi connectivity index (χ0) is 19.5. The van der Waals surface area contributed by atoms with Gasteiger partial charge >= 0.3 is 0 Å². The van der Waals surface area contributed by atoms with E-state index in [0.717, 1.165) is 24.9 Å². The minimum atomic E-state index is 0.0881. The van der Waals surface area contributed by atoms with Crippen LogP contribution in [0.2, 0.25) is 0 Å². The zero-order valence-electron chi connectivity index (χ0n) is 16.1. The van der Waals surface area contributed by atoms with E-state index in [2.05, 4.69) is 39.8 Å². The lowest BCUT2D eigenvalue weighted by atomic mass is 9.87. The van der Waals surface area contributed by atoms with E-state index in [1.165, 1.54) is 28.5 Å². The first-order valence-electron chi connectivity index (χ1n) is 9.45. The van der Waals surface area contributed by atoms with Crippen molar-refractivity contribution in [2.24, 2.45) is 0 Å². The van der Waals surface area contributed by atoms with Crippen LogP contribution in [0.1, 0.15) is 35.6 Å². The number of rotatable bonds is 5. The van der Waals surface area contributed by atoms with Gasteiger partial charge in [0, 0.05) is 7.05 Å². The molecule has 0 spiro atoms. The molecule has 0 N–H and O–H groups in total. The minimum absolute atomic E-state index is 0.0881. The number of carbonyl (C=O) groups is 1. The van der Waals surface area contributed by atoms with Gasteiger partial charge < -0.3 is 4.90 Å². The second kappa shape index (κ2) is 8.14. The molecule has 0 saturated carbocycles. The van der Waals surface area contributed by atoms with Gasteiger partial charge in [-0.1, -0.05) is 53.7 Å². The first kappa shape index (κ1) is 18.7. The Kier molecular flexibility index (Phi) is 5.43. The molecule has 1 amide bonds.